The zero-order valence-corrected chi connectivity index (χ0v) is 17.3. The molecule has 0 aliphatic carbocycles. The van der Waals surface area contributed by atoms with E-state index in [2.05, 4.69) is 6.92 Å². The monoisotopic (exact) mass is 338 g/mol. The summed E-state index contributed by atoms with van der Waals surface area (Å²) >= 11 is 1.78. The summed E-state index contributed by atoms with van der Waals surface area (Å²) in [5.74, 6) is 0.948. The maximum atomic E-state index is 11.0. The van der Waals surface area contributed by atoms with Gasteiger partial charge in [0.25, 0.3) is 0 Å². The van der Waals surface area contributed by atoms with E-state index < -0.39 is 0 Å². The van der Waals surface area contributed by atoms with Crippen molar-refractivity contribution in [2.45, 2.75) is 60.1 Å². The van der Waals surface area contributed by atoms with Gasteiger partial charge >= 0.3 is 0 Å². The molecular weight excluding hydrogens is 301 g/mol. The molecule has 1 heterocycles. The fourth-order valence-electron chi connectivity index (χ4n) is 1.39. The summed E-state index contributed by atoms with van der Waals surface area (Å²) in [7, 11) is 1.88. The van der Waals surface area contributed by atoms with Gasteiger partial charge in [0.05, 0.1) is 5.75 Å². The predicted molar refractivity (Wildman–Crippen MR) is 110 cm³/mol. The van der Waals surface area contributed by atoms with Crippen LogP contribution in [0, 0.1) is 0 Å². The van der Waals surface area contributed by atoms with Crippen LogP contribution in [0.25, 0.3) is 0 Å². The van der Waals surface area contributed by atoms with Gasteiger partial charge in [-0.05, 0) is 6.42 Å². The summed E-state index contributed by atoms with van der Waals surface area (Å²) in [5.41, 5.74) is 0. The zero-order chi connectivity index (χ0) is 17.8. The number of amides is 1. The normalized spacial score (nSPS) is 14.7. The van der Waals surface area contributed by atoms with Crippen molar-refractivity contribution in [1.29, 1.82) is 0 Å². The summed E-state index contributed by atoms with van der Waals surface area (Å²) in [4.78, 5) is 12.8. The van der Waals surface area contributed by atoms with Gasteiger partial charge in [0.2, 0.25) is 5.91 Å². The molecule has 1 fully saturated rings. The Morgan fingerprint density at radius 1 is 0.957 bits per heavy atom. The van der Waals surface area contributed by atoms with E-state index in [0.29, 0.717) is 11.0 Å². The second-order valence-electron chi connectivity index (χ2n) is 3.77. The molecule has 0 spiro atoms. The number of carbonyl (C=O) groups is 1. The van der Waals surface area contributed by atoms with Gasteiger partial charge < -0.3 is 4.90 Å². The molecule has 1 aliphatic heterocycles. The summed E-state index contributed by atoms with van der Waals surface area (Å²) in [6.07, 6.45) is 1.17. The molecule has 2 rings (SSSR count). The summed E-state index contributed by atoms with van der Waals surface area (Å²) in [6, 6.07) is 12.0. The number of carbonyl (C=O) groups excluding carboxylic acids is 1. The van der Waals surface area contributed by atoms with Crippen LogP contribution in [0.3, 0.4) is 0 Å². The van der Waals surface area contributed by atoms with E-state index in [-0.39, 0.29) is 14.3 Å². The molecule has 0 bridgehead atoms. The van der Waals surface area contributed by atoms with Crippen molar-refractivity contribution in [2.75, 3.05) is 19.3 Å². The first-order chi connectivity index (χ1) is 10.7. The lowest BCUT2D eigenvalue weighted by atomic mass is 10.3. The van der Waals surface area contributed by atoms with E-state index in [1.165, 1.54) is 6.42 Å². The average molecular weight is 338 g/mol. The molecule has 1 unspecified atom stereocenters. The molecule has 23 heavy (non-hydrogen) atoms. The Morgan fingerprint density at radius 2 is 1.30 bits per heavy atom. The molecule has 1 atom stereocenters. The van der Waals surface area contributed by atoms with Crippen LogP contribution in [0.1, 0.15) is 54.9 Å². The molecule has 0 N–H and O–H groups in total. The van der Waals surface area contributed by atoms with Crippen LogP contribution in [0.15, 0.2) is 36.4 Å². The molecular formula is C19H37BNOS. The summed E-state index contributed by atoms with van der Waals surface area (Å²) in [5, 5.41) is 0.669. The maximum Gasteiger partial charge on any atom is 0.232 e. The third kappa shape index (κ3) is 19.1. The van der Waals surface area contributed by atoms with Crippen LogP contribution in [0.5, 0.6) is 0 Å². The molecule has 1 saturated heterocycles. The van der Waals surface area contributed by atoms with Crippen LogP contribution in [-0.2, 0) is 4.79 Å². The topological polar surface area (TPSA) is 20.3 Å². The van der Waals surface area contributed by atoms with Crippen molar-refractivity contribution in [2.24, 2.45) is 0 Å². The lowest BCUT2D eigenvalue weighted by Crippen LogP contribution is -2.39. The molecule has 1 aromatic rings. The van der Waals surface area contributed by atoms with Crippen LogP contribution in [0.4, 0.5) is 0 Å². The Bertz CT molecular complexity index is 283. The minimum Gasteiger partial charge on any atom is -0.344 e. The number of hydrogen-bond acceptors (Lipinski definition) is 2. The highest BCUT2D eigenvalue weighted by atomic mass is 32.2. The van der Waals surface area contributed by atoms with Crippen molar-refractivity contribution in [3.8, 4) is 0 Å². The fraction of sp³-hybridized carbons (Fsp3) is 0.632. The number of rotatable bonds is 1. The first-order valence-corrected chi connectivity index (χ1v) is 9.64. The van der Waals surface area contributed by atoms with Gasteiger partial charge in [0.1, 0.15) is 0 Å². The molecule has 1 amide bonds. The van der Waals surface area contributed by atoms with Gasteiger partial charge in [-0.2, -0.15) is 0 Å². The highest BCUT2D eigenvalue weighted by Gasteiger charge is 2.21. The minimum atomic E-state index is 0. The first-order valence-electron chi connectivity index (χ1n) is 8.59. The largest absolute Gasteiger partial charge is 0.344 e. The quantitative estimate of drug-likeness (QED) is 0.643. The minimum absolute atomic E-state index is 0. The van der Waals surface area contributed by atoms with Gasteiger partial charge in [0.15, 0.2) is 0 Å². The van der Waals surface area contributed by atoms with Crippen molar-refractivity contribution in [1.82, 2.24) is 4.90 Å². The Kier molecular flexibility index (Phi) is 34.0. The molecule has 4 heteroatoms. The zero-order valence-electron chi connectivity index (χ0n) is 16.5. The van der Waals surface area contributed by atoms with Crippen molar-refractivity contribution < 1.29 is 4.79 Å². The highest BCUT2D eigenvalue weighted by molar-refractivity contribution is 8.00. The average Bonchev–Trinajstić information content (AvgIpc) is 2.64. The van der Waals surface area contributed by atoms with Crippen molar-refractivity contribution >= 4 is 26.1 Å². The second-order valence-corrected chi connectivity index (χ2v) is 5.06. The molecule has 3 radical (unpaired) electrons. The van der Waals surface area contributed by atoms with E-state index in [1.807, 2.05) is 89.9 Å². The third-order valence-corrected chi connectivity index (χ3v) is 3.84. The first kappa shape index (κ1) is 30.0. The van der Waals surface area contributed by atoms with Gasteiger partial charge in [-0.25, -0.2) is 0 Å². The Morgan fingerprint density at radius 3 is 1.57 bits per heavy atom. The van der Waals surface area contributed by atoms with E-state index in [0.717, 1.165) is 6.54 Å². The van der Waals surface area contributed by atoms with Crippen LogP contribution >= 0.6 is 11.8 Å². The maximum absolute atomic E-state index is 11.0. The SMILES string of the molecule is CC.CC.CC.CCC1CN(C)C(=O)CS1.[B].c1ccccc1. The Hall–Kier alpha value is -0.895. The molecule has 0 aromatic heterocycles. The smallest absolute Gasteiger partial charge is 0.232 e. The number of benzene rings is 1. The van der Waals surface area contributed by atoms with Gasteiger partial charge in [-0.15, -0.1) is 11.8 Å². The van der Waals surface area contributed by atoms with E-state index in [4.69, 9.17) is 0 Å². The van der Waals surface area contributed by atoms with Gasteiger partial charge in [0, 0.05) is 27.3 Å². The van der Waals surface area contributed by atoms with Crippen LogP contribution in [-0.4, -0.2) is 43.8 Å². The lowest BCUT2D eigenvalue weighted by Gasteiger charge is -2.28. The molecule has 1 aliphatic rings. The van der Waals surface area contributed by atoms with Crippen LogP contribution < -0.4 is 0 Å². The van der Waals surface area contributed by atoms with Crippen molar-refractivity contribution in [3.63, 3.8) is 0 Å². The summed E-state index contributed by atoms with van der Waals surface area (Å²) in [6.45, 7) is 15.1. The standard InChI is InChI=1S/C7H13NOS.C6H6.3C2H6.B/c1-3-6-4-8(2)7(9)5-10-6;1-2-4-6-5-3-1;3*1-2;/h6H,3-5H2,1-2H3;1-6H;3*1-2H3;. The molecule has 2 nitrogen and oxygen atoms in total. The lowest BCUT2D eigenvalue weighted by molar-refractivity contribution is -0.127. The van der Waals surface area contributed by atoms with Crippen LogP contribution in [0.2, 0.25) is 0 Å². The molecule has 0 saturated carbocycles. The van der Waals surface area contributed by atoms with E-state index in [1.54, 1.807) is 11.8 Å². The third-order valence-electron chi connectivity index (χ3n) is 2.47. The number of hydrogen-bond donors (Lipinski definition) is 0. The Labute approximate surface area is 152 Å². The predicted octanol–water partition coefficient (Wildman–Crippen LogP) is 5.35. The van der Waals surface area contributed by atoms with Gasteiger partial charge in [-0.3, -0.25) is 4.79 Å². The number of thioether (sulfide) groups is 1. The molecule has 1 aromatic carbocycles. The summed E-state index contributed by atoms with van der Waals surface area (Å²) < 4.78 is 0. The number of nitrogens with zero attached hydrogens (tertiary/aromatic N) is 1. The fourth-order valence-corrected chi connectivity index (χ4v) is 2.55. The van der Waals surface area contributed by atoms with E-state index >= 15 is 0 Å². The van der Waals surface area contributed by atoms with Crippen molar-refractivity contribution in [3.05, 3.63) is 36.4 Å². The highest BCUT2D eigenvalue weighted by Crippen LogP contribution is 2.20. The Balaban J connectivity index is -0.000000120. The molecule has 133 valence electrons. The van der Waals surface area contributed by atoms with E-state index in [9.17, 15) is 4.79 Å². The van der Waals surface area contributed by atoms with Gasteiger partial charge in [-0.1, -0.05) is 84.9 Å². The second kappa shape index (κ2) is 26.0.